The summed E-state index contributed by atoms with van der Waals surface area (Å²) in [4.78, 5) is 3.59. The maximum Gasteiger partial charge on any atom is 0.188 e. The van der Waals surface area contributed by atoms with Crippen molar-refractivity contribution in [3.05, 3.63) is 0 Å². The first kappa shape index (κ1) is 10.3. The second-order valence-electron chi connectivity index (χ2n) is 0.859. The number of aliphatic imine (C=N–C) groups is 1. The fourth-order valence-electron chi connectivity index (χ4n) is 0.112. The van der Waals surface area contributed by atoms with E-state index in [1.165, 1.54) is 0 Å². The van der Waals surface area contributed by atoms with Gasteiger partial charge in [0.2, 0.25) is 0 Å². The topological polar surface area (TPSA) is 50.4 Å². The maximum atomic E-state index is 5.11. The Kier molecular flexibility index (Phi) is 12.3. The maximum absolute atomic E-state index is 5.11. The van der Waals surface area contributed by atoms with E-state index in [9.17, 15) is 0 Å². The minimum atomic E-state index is 0.468. The lowest BCUT2D eigenvalue weighted by molar-refractivity contribution is 1.12. The van der Waals surface area contributed by atoms with Crippen molar-refractivity contribution in [1.82, 2.24) is 5.32 Å². The third-order valence-electron chi connectivity index (χ3n) is 0.497. The largest absolute Gasteiger partial charge is 0.370 e. The van der Waals surface area contributed by atoms with Crippen LogP contribution in [0.25, 0.3) is 0 Å². The molecule has 0 saturated carbocycles. The fourth-order valence-corrected chi connectivity index (χ4v) is 0.112. The zero-order valence-electron chi connectivity index (χ0n) is 6.02. The average molecular weight is 117 g/mol. The molecule has 0 aromatic heterocycles. The van der Waals surface area contributed by atoms with Crippen molar-refractivity contribution in [2.45, 2.75) is 13.8 Å². The van der Waals surface area contributed by atoms with Gasteiger partial charge in [-0.25, -0.2) is 0 Å². The molecule has 0 saturated heterocycles. The normalized spacial score (nSPS) is 9.25. The van der Waals surface area contributed by atoms with Crippen LogP contribution >= 0.6 is 0 Å². The third kappa shape index (κ3) is 8.99. The highest BCUT2D eigenvalue weighted by atomic mass is 15.1. The molecule has 0 heterocycles. The van der Waals surface area contributed by atoms with E-state index in [0.29, 0.717) is 5.96 Å². The molecule has 0 aliphatic carbocycles. The smallest absolute Gasteiger partial charge is 0.188 e. The first-order chi connectivity index (χ1) is 3.81. The number of hydrogen-bond acceptors (Lipinski definition) is 1. The summed E-state index contributed by atoms with van der Waals surface area (Å²) >= 11 is 0. The second kappa shape index (κ2) is 9.55. The Morgan fingerprint density at radius 3 is 1.88 bits per heavy atom. The molecule has 0 spiro atoms. The lowest BCUT2D eigenvalue weighted by Crippen LogP contribution is -2.27. The van der Waals surface area contributed by atoms with Gasteiger partial charge in [-0.05, 0) is 0 Å². The Balaban J connectivity index is 0. The Morgan fingerprint density at radius 1 is 1.50 bits per heavy atom. The highest BCUT2D eigenvalue weighted by Crippen LogP contribution is 1.48. The summed E-state index contributed by atoms with van der Waals surface area (Å²) in [6, 6.07) is 0. The highest BCUT2D eigenvalue weighted by molar-refractivity contribution is 5.77. The standard InChI is InChI=1S/C3H9N3.C2H6/c1-5-3(4)6-2;1-2/h1-2H3,(H3,4,5,6);1-2H3. The fraction of sp³-hybridized carbons (Fsp3) is 0.800. The minimum Gasteiger partial charge on any atom is -0.370 e. The van der Waals surface area contributed by atoms with Crippen molar-refractivity contribution in [3.8, 4) is 0 Å². The van der Waals surface area contributed by atoms with E-state index >= 15 is 0 Å². The number of hydrogen-bond donors (Lipinski definition) is 2. The molecule has 0 atom stereocenters. The molecule has 3 nitrogen and oxygen atoms in total. The van der Waals surface area contributed by atoms with E-state index < -0.39 is 0 Å². The summed E-state index contributed by atoms with van der Waals surface area (Å²) < 4.78 is 0. The van der Waals surface area contributed by atoms with Crippen molar-refractivity contribution >= 4 is 5.96 Å². The van der Waals surface area contributed by atoms with Gasteiger partial charge in [0.05, 0.1) is 0 Å². The van der Waals surface area contributed by atoms with Crippen molar-refractivity contribution in [2.75, 3.05) is 14.1 Å². The lowest BCUT2D eigenvalue weighted by atomic mass is 11.0. The molecule has 0 rings (SSSR count). The zero-order valence-corrected chi connectivity index (χ0v) is 6.02. The summed E-state index contributed by atoms with van der Waals surface area (Å²) in [5.74, 6) is 0.468. The van der Waals surface area contributed by atoms with E-state index in [-0.39, 0.29) is 0 Å². The van der Waals surface area contributed by atoms with Crippen LogP contribution < -0.4 is 11.1 Å². The highest BCUT2D eigenvalue weighted by Gasteiger charge is 1.71. The molecule has 0 aliphatic heterocycles. The summed E-state index contributed by atoms with van der Waals surface area (Å²) in [7, 11) is 3.36. The molecule has 0 bridgehead atoms. The van der Waals surface area contributed by atoms with E-state index in [1.54, 1.807) is 14.1 Å². The van der Waals surface area contributed by atoms with E-state index in [0.717, 1.165) is 0 Å². The SMILES string of the molecule is CC.CN=C(N)NC. The third-order valence-corrected chi connectivity index (χ3v) is 0.497. The van der Waals surface area contributed by atoms with E-state index in [2.05, 4.69) is 10.3 Å². The molecular weight excluding hydrogens is 102 g/mol. The molecule has 0 amide bonds. The monoisotopic (exact) mass is 117 g/mol. The van der Waals surface area contributed by atoms with Crippen LogP contribution in [0.15, 0.2) is 4.99 Å². The lowest BCUT2D eigenvalue weighted by Gasteiger charge is -1.90. The van der Waals surface area contributed by atoms with Crippen LogP contribution in [0.5, 0.6) is 0 Å². The molecule has 0 radical (unpaired) electrons. The van der Waals surface area contributed by atoms with Gasteiger partial charge in [0.15, 0.2) is 5.96 Å². The number of guanidine groups is 1. The molecule has 0 fully saturated rings. The molecule has 0 unspecified atom stereocenters. The van der Waals surface area contributed by atoms with Gasteiger partial charge < -0.3 is 11.1 Å². The van der Waals surface area contributed by atoms with Crippen LogP contribution in [-0.4, -0.2) is 20.1 Å². The Bertz CT molecular complexity index is 58.7. The van der Waals surface area contributed by atoms with Crippen molar-refractivity contribution in [3.63, 3.8) is 0 Å². The molecule has 0 aliphatic rings. The molecule has 3 N–H and O–H groups in total. The van der Waals surface area contributed by atoms with Crippen LogP contribution in [-0.2, 0) is 0 Å². The van der Waals surface area contributed by atoms with Gasteiger partial charge in [-0.2, -0.15) is 0 Å². The first-order valence-electron chi connectivity index (χ1n) is 2.71. The van der Waals surface area contributed by atoms with Crippen molar-refractivity contribution < 1.29 is 0 Å². The van der Waals surface area contributed by atoms with Crippen molar-refractivity contribution in [1.29, 1.82) is 0 Å². The van der Waals surface area contributed by atoms with Crippen LogP contribution in [0, 0.1) is 0 Å². The van der Waals surface area contributed by atoms with E-state index in [4.69, 9.17) is 5.73 Å². The van der Waals surface area contributed by atoms with Crippen LogP contribution in [0.4, 0.5) is 0 Å². The molecule has 8 heavy (non-hydrogen) atoms. The Labute approximate surface area is 51.0 Å². The second-order valence-corrected chi connectivity index (χ2v) is 0.859. The van der Waals surface area contributed by atoms with Crippen LogP contribution in [0.3, 0.4) is 0 Å². The molecule has 50 valence electrons. The Hall–Kier alpha value is -0.730. The van der Waals surface area contributed by atoms with Crippen LogP contribution in [0.1, 0.15) is 13.8 Å². The molecule has 0 aromatic rings. The molecule has 3 heteroatoms. The summed E-state index contributed by atoms with van der Waals surface area (Å²) in [6.45, 7) is 4.00. The van der Waals surface area contributed by atoms with Gasteiger partial charge in [-0.3, -0.25) is 4.99 Å². The van der Waals surface area contributed by atoms with Gasteiger partial charge in [-0.15, -0.1) is 0 Å². The van der Waals surface area contributed by atoms with Gasteiger partial charge in [0, 0.05) is 14.1 Å². The van der Waals surface area contributed by atoms with Gasteiger partial charge in [-0.1, -0.05) is 13.8 Å². The predicted octanol–water partition coefficient (Wildman–Crippen LogP) is 0.176. The molecular formula is C5H15N3. The van der Waals surface area contributed by atoms with Gasteiger partial charge >= 0.3 is 0 Å². The summed E-state index contributed by atoms with van der Waals surface area (Å²) in [5.41, 5.74) is 5.11. The van der Waals surface area contributed by atoms with E-state index in [1.807, 2.05) is 13.8 Å². The number of nitrogens with zero attached hydrogens (tertiary/aromatic N) is 1. The number of nitrogens with one attached hydrogen (secondary N) is 1. The summed E-state index contributed by atoms with van der Waals surface area (Å²) in [5, 5.41) is 2.64. The van der Waals surface area contributed by atoms with Crippen molar-refractivity contribution in [2.24, 2.45) is 10.7 Å². The van der Waals surface area contributed by atoms with Gasteiger partial charge in [0.1, 0.15) is 0 Å². The summed E-state index contributed by atoms with van der Waals surface area (Å²) in [6.07, 6.45) is 0. The predicted molar refractivity (Wildman–Crippen MR) is 38.0 cm³/mol. The first-order valence-corrected chi connectivity index (χ1v) is 2.71. The average Bonchev–Trinajstić information content (AvgIpc) is 1.91. The van der Waals surface area contributed by atoms with Gasteiger partial charge in [0.25, 0.3) is 0 Å². The minimum absolute atomic E-state index is 0.468. The zero-order chi connectivity index (χ0) is 6.99. The number of rotatable bonds is 0. The Morgan fingerprint density at radius 2 is 1.88 bits per heavy atom. The molecule has 0 aromatic carbocycles. The van der Waals surface area contributed by atoms with Crippen LogP contribution in [0.2, 0.25) is 0 Å². The number of nitrogens with two attached hydrogens (primary N) is 1. The quantitative estimate of drug-likeness (QED) is 0.351.